The van der Waals surface area contributed by atoms with Crippen molar-refractivity contribution in [2.75, 3.05) is 38.3 Å². The highest BCUT2D eigenvalue weighted by atomic mass is 32.2. The summed E-state index contributed by atoms with van der Waals surface area (Å²) in [5, 5.41) is 3.63. The van der Waals surface area contributed by atoms with Crippen molar-refractivity contribution in [1.29, 1.82) is 0 Å². The average Bonchev–Trinajstić information content (AvgIpc) is 3.41. The molecular formula is C21H26N4O6S. The quantitative estimate of drug-likeness (QED) is 0.543. The van der Waals surface area contributed by atoms with E-state index in [9.17, 15) is 22.8 Å². The lowest BCUT2D eigenvalue weighted by molar-refractivity contribution is -0.139. The molecule has 172 valence electrons. The number of para-hydroxylation sites is 1. The van der Waals surface area contributed by atoms with Crippen molar-refractivity contribution in [2.45, 2.75) is 24.9 Å². The number of nitrogens with one attached hydrogen (secondary N) is 2. The molecule has 0 spiro atoms. The fraction of sp³-hybridized carbons (Fsp3) is 0.476. The van der Waals surface area contributed by atoms with Crippen LogP contribution in [0.2, 0.25) is 0 Å². The summed E-state index contributed by atoms with van der Waals surface area (Å²) < 4.78 is 28.8. The molecule has 1 aromatic heterocycles. The van der Waals surface area contributed by atoms with Crippen molar-refractivity contribution in [1.82, 2.24) is 20.1 Å². The van der Waals surface area contributed by atoms with E-state index in [2.05, 4.69) is 10.3 Å². The third-order valence-corrected chi connectivity index (χ3v) is 7.76. The Bertz CT molecular complexity index is 1140. The second-order valence-corrected chi connectivity index (χ2v) is 10.4. The van der Waals surface area contributed by atoms with Crippen LogP contribution in [0.5, 0.6) is 0 Å². The van der Waals surface area contributed by atoms with Gasteiger partial charge in [-0.25, -0.2) is 13.2 Å². The SMILES string of the molecule is COCCN(C(=O)CN1C(=O)N[C@H](Cc2c[nH]c3ccccc23)C1=O)[C@@H]1CCS(=O)(=O)C1. The number of ether oxygens (including phenoxy) is 1. The van der Waals surface area contributed by atoms with E-state index in [0.29, 0.717) is 12.8 Å². The smallest absolute Gasteiger partial charge is 0.325 e. The number of hydrogen-bond donors (Lipinski definition) is 2. The van der Waals surface area contributed by atoms with Gasteiger partial charge in [0.2, 0.25) is 5.91 Å². The molecule has 0 saturated carbocycles. The highest BCUT2D eigenvalue weighted by Crippen LogP contribution is 2.22. The molecule has 0 unspecified atom stereocenters. The number of urea groups is 1. The van der Waals surface area contributed by atoms with Gasteiger partial charge in [0, 0.05) is 43.2 Å². The first-order chi connectivity index (χ1) is 15.3. The largest absolute Gasteiger partial charge is 0.383 e. The first kappa shape index (κ1) is 22.3. The first-order valence-corrected chi connectivity index (χ1v) is 12.3. The molecule has 4 rings (SSSR count). The second kappa shape index (κ2) is 8.91. The molecule has 0 aliphatic carbocycles. The van der Waals surface area contributed by atoms with Crippen molar-refractivity contribution in [3.63, 3.8) is 0 Å². The van der Waals surface area contributed by atoms with Crippen molar-refractivity contribution in [3.8, 4) is 0 Å². The van der Waals surface area contributed by atoms with Crippen LogP contribution in [0.1, 0.15) is 12.0 Å². The number of sulfone groups is 1. The predicted molar refractivity (Wildman–Crippen MR) is 117 cm³/mol. The van der Waals surface area contributed by atoms with E-state index in [1.165, 1.54) is 12.0 Å². The molecule has 0 bridgehead atoms. The molecule has 32 heavy (non-hydrogen) atoms. The van der Waals surface area contributed by atoms with Gasteiger partial charge in [0.25, 0.3) is 5.91 Å². The number of methoxy groups -OCH3 is 1. The van der Waals surface area contributed by atoms with Gasteiger partial charge in [-0.05, 0) is 18.1 Å². The maximum Gasteiger partial charge on any atom is 0.325 e. The molecule has 2 aliphatic heterocycles. The van der Waals surface area contributed by atoms with Crippen LogP contribution in [0.15, 0.2) is 30.5 Å². The molecule has 4 amide bonds. The van der Waals surface area contributed by atoms with Crippen molar-refractivity contribution >= 4 is 38.6 Å². The second-order valence-electron chi connectivity index (χ2n) is 8.13. The van der Waals surface area contributed by atoms with Gasteiger partial charge in [-0.1, -0.05) is 18.2 Å². The van der Waals surface area contributed by atoms with Crippen LogP contribution in [-0.4, -0.2) is 91.4 Å². The number of imide groups is 1. The number of carbonyl (C=O) groups is 3. The standard InChI is InChI=1S/C21H26N4O6S/c1-31-8-7-24(15-6-9-32(29,30)13-15)19(26)12-25-20(27)18(23-21(25)28)10-14-11-22-17-5-3-2-4-16(14)17/h2-5,11,15,18,22H,6-10,12-13H2,1H3,(H,23,28)/t15-,18-/m1/s1. The number of rotatable bonds is 8. The minimum Gasteiger partial charge on any atom is -0.383 e. The van der Waals surface area contributed by atoms with E-state index in [4.69, 9.17) is 4.74 Å². The summed E-state index contributed by atoms with van der Waals surface area (Å²) in [6.45, 7) is -0.0150. The van der Waals surface area contributed by atoms with Crippen LogP contribution in [0, 0.1) is 0 Å². The van der Waals surface area contributed by atoms with Gasteiger partial charge in [0.1, 0.15) is 12.6 Å². The summed E-state index contributed by atoms with van der Waals surface area (Å²) in [5.41, 5.74) is 1.83. The molecular weight excluding hydrogens is 436 g/mol. The maximum absolute atomic E-state index is 13.0. The van der Waals surface area contributed by atoms with Gasteiger partial charge in [0.15, 0.2) is 9.84 Å². The summed E-state index contributed by atoms with van der Waals surface area (Å²) >= 11 is 0. The Balaban J connectivity index is 1.45. The molecule has 1 aromatic carbocycles. The van der Waals surface area contributed by atoms with Crippen molar-refractivity contribution in [2.24, 2.45) is 0 Å². The minimum atomic E-state index is -3.20. The summed E-state index contributed by atoms with van der Waals surface area (Å²) in [6.07, 6.45) is 2.44. The molecule has 0 radical (unpaired) electrons. The number of benzene rings is 1. The van der Waals surface area contributed by atoms with Crippen LogP contribution in [0.4, 0.5) is 4.79 Å². The number of aromatic nitrogens is 1. The lowest BCUT2D eigenvalue weighted by Gasteiger charge is -2.29. The molecule has 2 aromatic rings. The van der Waals surface area contributed by atoms with Gasteiger partial charge in [-0.2, -0.15) is 0 Å². The third-order valence-electron chi connectivity index (χ3n) is 6.01. The lowest BCUT2D eigenvalue weighted by Crippen LogP contribution is -2.49. The summed E-state index contributed by atoms with van der Waals surface area (Å²) in [5.74, 6) is -1.05. The van der Waals surface area contributed by atoms with Crippen LogP contribution in [0.25, 0.3) is 10.9 Å². The molecule has 2 saturated heterocycles. The summed E-state index contributed by atoms with van der Waals surface area (Å²) in [6, 6.07) is 5.79. The van der Waals surface area contributed by atoms with Crippen LogP contribution < -0.4 is 5.32 Å². The van der Waals surface area contributed by atoms with Crippen LogP contribution >= 0.6 is 0 Å². The van der Waals surface area contributed by atoms with Gasteiger partial charge < -0.3 is 19.9 Å². The zero-order valence-electron chi connectivity index (χ0n) is 17.7. The van der Waals surface area contributed by atoms with E-state index < -0.39 is 46.3 Å². The Hall–Kier alpha value is -2.92. The van der Waals surface area contributed by atoms with Gasteiger partial charge >= 0.3 is 6.03 Å². The fourth-order valence-corrected chi connectivity index (χ4v) is 6.06. The topological polar surface area (TPSA) is 129 Å². The van der Waals surface area contributed by atoms with Crippen LogP contribution in [-0.2, 0) is 30.6 Å². The zero-order valence-corrected chi connectivity index (χ0v) is 18.6. The highest BCUT2D eigenvalue weighted by Gasteiger charge is 2.41. The van der Waals surface area contributed by atoms with Crippen LogP contribution in [0.3, 0.4) is 0 Å². The number of fused-ring (bicyclic) bond motifs is 1. The Morgan fingerprint density at radius 2 is 2.06 bits per heavy atom. The Morgan fingerprint density at radius 3 is 2.78 bits per heavy atom. The van der Waals surface area contributed by atoms with E-state index in [0.717, 1.165) is 21.4 Å². The number of nitrogens with zero attached hydrogens (tertiary/aromatic N) is 2. The number of amides is 4. The monoisotopic (exact) mass is 462 g/mol. The Kier molecular flexibility index (Phi) is 6.20. The molecule has 2 aliphatic rings. The van der Waals surface area contributed by atoms with E-state index in [1.54, 1.807) is 0 Å². The molecule has 2 N–H and O–H groups in total. The summed E-state index contributed by atoms with van der Waals surface area (Å²) in [7, 11) is -1.71. The zero-order chi connectivity index (χ0) is 22.9. The summed E-state index contributed by atoms with van der Waals surface area (Å²) in [4.78, 5) is 43.9. The lowest BCUT2D eigenvalue weighted by atomic mass is 10.1. The van der Waals surface area contributed by atoms with Gasteiger partial charge in [-0.15, -0.1) is 0 Å². The molecule has 3 heterocycles. The Morgan fingerprint density at radius 1 is 1.28 bits per heavy atom. The average molecular weight is 463 g/mol. The first-order valence-electron chi connectivity index (χ1n) is 10.4. The molecule has 2 fully saturated rings. The van der Waals surface area contributed by atoms with E-state index in [1.807, 2.05) is 30.5 Å². The van der Waals surface area contributed by atoms with Gasteiger partial charge in [0.05, 0.1) is 18.1 Å². The predicted octanol–water partition coefficient (Wildman–Crippen LogP) is 0.293. The number of aromatic amines is 1. The Labute approximate surface area is 185 Å². The maximum atomic E-state index is 13.0. The normalized spacial score (nSPS) is 22.5. The third kappa shape index (κ3) is 4.49. The fourth-order valence-electron chi connectivity index (χ4n) is 4.33. The van der Waals surface area contributed by atoms with Crippen molar-refractivity contribution < 1.29 is 27.5 Å². The number of hydrogen-bond acceptors (Lipinski definition) is 6. The van der Waals surface area contributed by atoms with E-state index >= 15 is 0 Å². The number of carbonyl (C=O) groups excluding carboxylic acids is 3. The molecule has 2 atom stereocenters. The van der Waals surface area contributed by atoms with Gasteiger partial charge in [-0.3, -0.25) is 14.5 Å². The minimum absolute atomic E-state index is 0.0181. The molecule has 10 nitrogen and oxygen atoms in total. The van der Waals surface area contributed by atoms with Crippen molar-refractivity contribution in [3.05, 3.63) is 36.0 Å². The molecule has 11 heteroatoms. The number of H-pyrrole nitrogens is 1. The highest BCUT2D eigenvalue weighted by molar-refractivity contribution is 7.91. The van der Waals surface area contributed by atoms with E-state index in [-0.39, 0.29) is 24.7 Å².